The van der Waals surface area contributed by atoms with Crippen LogP contribution in [0.2, 0.25) is 0 Å². The number of ether oxygens (including phenoxy) is 2. The first-order valence-corrected chi connectivity index (χ1v) is 20.2. The highest BCUT2D eigenvalue weighted by Crippen LogP contribution is 2.33. The summed E-state index contributed by atoms with van der Waals surface area (Å²) in [5, 5.41) is 8.42. The summed E-state index contributed by atoms with van der Waals surface area (Å²) < 4.78 is 10.9. The molecule has 1 aromatic heterocycles. The molecule has 5 amide bonds. The van der Waals surface area contributed by atoms with E-state index < -0.39 is 47.4 Å². The molecule has 6 rings (SSSR count). The Balaban J connectivity index is 1.08. The summed E-state index contributed by atoms with van der Waals surface area (Å²) in [5.41, 5.74) is 1.54. The molecular formula is C46H53N7O7. The first-order chi connectivity index (χ1) is 28.5. The number of carbonyl (C=O) groups is 5. The SMILES string of the molecule is CC(C)(C)OC(=O)N[C@@H](C(=O)N1CCC[C@H]1C(=O)Nc1ccc(C#Cc2cnc([C@@H]3CCCN3C(=O)[C@H](NC(=O)OC(C)(C)C)c3ccccc3)[nH]2)cc1)c1ccccc1. The fraction of sp³-hybridized carbons (Fsp3) is 0.391. The number of H-pyrrole nitrogens is 1. The zero-order chi connectivity index (χ0) is 43.0. The van der Waals surface area contributed by atoms with Gasteiger partial charge in [-0.05, 0) is 109 Å². The molecule has 0 unspecified atom stereocenters. The topological polar surface area (TPSA) is 175 Å². The smallest absolute Gasteiger partial charge is 0.408 e. The van der Waals surface area contributed by atoms with Crippen molar-refractivity contribution < 1.29 is 33.4 Å². The van der Waals surface area contributed by atoms with Gasteiger partial charge in [-0.2, -0.15) is 0 Å². The lowest BCUT2D eigenvalue weighted by atomic mass is 10.0. The molecular weight excluding hydrogens is 763 g/mol. The fourth-order valence-electron chi connectivity index (χ4n) is 7.24. The van der Waals surface area contributed by atoms with Gasteiger partial charge in [0, 0.05) is 24.3 Å². The predicted octanol–water partition coefficient (Wildman–Crippen LogP) is 6.93. The quantitative estimate of drug-likeness (QED) is 0.132. The van der Waals surface area contributed by atoms with Crippen LogP contribution in [0.15, 0.2) is 91.1 Å². The normalized spacial score (nSPS) is 17.4. The van der Waals surface area contributed by atoms with E-state index in [1.807, 2.05) is 24.3 Å². The van der Waals surface area contributed by atoms with Gasteiger partial charge >= 0.3 is 12.2 Å². The van der Waals surface area contributed by atoms with E-state index in [1.165, 1.54) is 4.90 Å². The molecule has 60 heavy (non-hydrogen) atoms. The van der Waals surface area contributed by atoms with Gasteiger partial charge in [0.05, 0.1) is 12.2 Å². The van der Waals surface area contributed by atoms with Gasteiger partial charge in [0.25, 0.3) is 11.8 Å². The summed E-state index contributed by atoms with van der Waals surface area (Å²) in [6.07, 6.45) is 2.80. The van der Waals surface area contributed by atoms with Crippen LogP contribution in [0, 0.1) is 11.8 Å². The molecule has 2 fully saturated rings. The van der Waals surface area contributed by atoms with Crippen LogP contribution in [0.4, 0.5) is 15.3 Å². The second-order valence-electron chi connectivity index (χ2n) is 16.9. The van der Waals surface area contributed by atoms with Crippen molar-refractivity contribution in [2.75, 3.05) is 18.4 Å². The third-order valence-corrected chi connectivity index (χ3v) is 9.86. The molecule has 0 radical (unpaired) electrons. The Morgan fingerprint density at radius 3 is 1.77 bits per heavy atom. The van der Waals surface area contributed by atoms with Crippen molar-refractivity contribution in [1.82, 2.24) is 30.4 Å². The minimum absolute atomic E-state index is 0.260. The number of anilines is 1. The lowest BCUT2D eigenvalue weighted by Gasteiger charge is -2.29. The largest absolute Gasteiger partial charge is 0.444 e. The van der Waals surface area contributed by atoms with Crippen LogP contribution in [0.3, 0.4) is 0 Å². The number of nitrogens with one attached hydrogen (secondary N) is 4. The molecule has 2 saturated heterocycles. The van der Waals surface area contributed by atoms with E-state index in [0.29, 0.717) is 66.2 Å². The van der Waals surface area contributed by atoms with Crippen molar-refractivity contribution in [2.24, 2.45) is 0 Å². The van der Waals surface area contributed by atoms with Crippen LogP contribution in [0.25, 0.3) is 0 Å². The maximum atomic E-state index is 14.0. The van der Waals surface area contributed by atoms with Crippen LogP contribution >= 0.6 is 0 Å². The molecule has 0 aliphatic carbocycles. The number of nitrogens with zero attached hydrogens (tertiary/aromatic N) is 3. The molecule has 0 bridgehead atoms. The van der Waals surface area contributed by atoms with Crippen LogP contribution in [-0.2, 0) is 23.9 Å². The Morgan fingerprint density at radius 2 is 1.22 bits per heavy atom. The zero-order valence-electron chi connectivity index (χ0n) is 34.9. The van der Waals surface area contributed by atoms with Crippen LogP contribution in [0.1, 0.15) is 114 Å². The monoisotopic (exact) mass is 815 g/mol. The van der Waals surface area contributed by atoms with Crippen molar-refractivity contribution >= 4 is 35.6 Å². The number of amides is 5. The van der Waals surface area contributed by atoms with Gasteiger partial charge < -0.3 is 40.2 Å². The van der Waals surface area contributed by atoms with Crippen molar-refractivity contribution in [3.05, 3.63) is 119 Å². The van der Waals surface area contributed by atoms with Crippen LogP contribution in [-0.4, -0.2) is 80.0 Å². The Bertz CT molecular complexity index is 2220. The van der Waals surface area contributed by atoms with E-state index in [0.717, 1.165) is 6.42 Å². The van der Waals surface area contributed by atoms with Gasteiger partial charge in [0.2, 0.25) is 5.91 Å². The molecule has 4 N–H and O–H groups in total. The highest BCUT2D eigenvalue weighted by molar-refractivity contribution is 5.99. The molecule has 314 valence electrons. The van der Waals surface area contributed by atoms with Crippen molar-refractivity contribution in [3.63, 3.8) is 0 Å². The molecule has 14 heteroatoms. The summed E-state index contributed by atoms with van der Waals surface area (Å²) in [5.74, 6) is 5.84. The Morgan fingerprint density at radius 1 is 0.700 bits per heavy atom. The number of hydrogen-bond donors (Lipinski definition) is 4. The average Bonchev–Trinajstić information content (AvgIpc) is 3.99. The third-order valence-electron chi connectivity index (χ3n) is 9.86. The van der Waals surface area contributed by atoms with Gasteiger partial charge in [-0.25, -0.2) is 14.6 Å². The fourth-order valence-corrected chi connectivity index (χ4v) is 7.24. The number of aromatic amines is 1. The van der Waals surface area contributed by atoms with Crippen LogP contribution < -0.4 is 16.0 Å². The minimum atomic E-state index is -1.03. The van der Waals surface area contributed by atoms with E-state index in [-0.39, 0.29) is 17.9 Å². The first-order valence-electron chi connectivity index (χ1n) is 20.2. The number of benzene rings is 3. The Labute approximate surface area is 350 Å². The summed E-state index contributed by atoms with van der Waals surface area (Å²) >= 11 is 0. The zero-order valence-corrected chi connectivity index (χ0v) is 34.9. The summed E-state index contributed by atoms with van der Waals surface area (Å²) in [6, 6.07) is 22.0. The Hall–Kier alpha value is -6.62. The summed E-state index contributed by atoms with van der Waals surface area (Å²) in [4.78, 5) is 78.2. The maximum absolute atomic E-state index is 14.0. The number of carbonyl (C=O) groups excluding carboxylic acids is 5. The van der Waals surface area contributed by atoms with Crippen LogP contribution in [0.5, 0.6) is 0 Å². The van der Waals surface area contributed by atoms with Crippen molar-refractivity contribution in [3.8, 4) is 11.8 Å². The minimum Gasteiger partial charge on any atom is -0.444 e. The molecule has 2 aliphatic rings. The second-order valence-corrected chi connectivity index (χ2v) is 16.9. The predicted molar refractivity (Wildman–Crippen MR) is 225 cm³/mol. The Kier molecular flexibility index (Phi) is 13.3. The number of imidazole rings is 1. The van der Waals surface area contributed by atoms with Crippen molar-refractivity contribution in [2.45, 2.75) is 103 Å². The third kappa shape index (κ3) is 11.3. The van der Waals surface area contributed by atoms with E-state index in [4.69, 9.17) is 9.47 Å². The molecule has 2 aliphatic heterocycles. The van der Waals surface area contributed by atoms with Gasteiger partial charge in [0.15, 0.2) is 0 Å². The number of aromatic nitrogens is 2. The lowest BCUT2D eigenvalue weighted by Crippen LogP contribution is -2.49. The van der Waals surface area contributed by atoms with E-state index >= 15 is 0 Å². The van der Waals surface area contributed by atoms with Crippen molar-refractivity contribution in [1.29, 1.82) is 0 Å². The molecule has 3 aromatic carbocycles. The van der Waals surface area contributed by atoms with E-state index in [2.05, 4.69) is 37.8 Å². The summed E-state index contributed by atoms with van der Waals surface area (Å²) in [7, 11) is 0. The number of rotatable bonds is 9. The van der Waals surface area contributed by atoms with E-state index in [9.17, 15) is 24.0 Å². The molecule has 0 saturated carbocycles. The number of alkyl carbamates (subject to hydrolysis) is 2. The molecule has 4 aromatic rings. The molecule has 0 spiro atoms. The van der Waals surface area contributed by atoms with Gasteiger partial charge in [0.1, 0.15) is 40.8 Å². The van der Waals surface area contributed by atoms with Gasteiger partial charge in [-0.3, -0.25) is 14.4 Å². The standard InChI is InChI=1S/C46H53N7O7/c1-45(2,3)59-43(57)50-37(31-15-9-7-10-16-31)41(55)52-27-13-19-35(52)39-47-29-34(48-39)26-23-30-21-24-33(25-22-30)49-40(54)36-20-14-28-53(36)42(56)38(32-17-11-8-12-18-32)51-44(58)60-46(4,5)6/h7-12,15-18,21-22,24-25,29,35-38H,13-14,19-20,27-28H2,1-6H3,(H,47,48)(H,49,54)(H,50,57)(H,51,58)/t35-,36-,37+,38+/m0/s1. The second kappa shape index (κ2) is 18.5. The van der Waals surface area contributed by atoms with Gasteiger partial charge in [-0.1, -0.05) is 66.6 Å². The summed E-state index contributed by atoms with van der Waals surface area (Å²) in [6.45, 7) is 11.4. The molecule has 14 nitrogen and oxygen atoms in total. The lowest BCUT2D eigenvalue weighted by molar-refractivity contribution is -0.138. The number of hydrogen-bond acceptors (Lipinski definition) is 8. The average molecular weight is 816 g/mol. The molecule has 4 atom stereocenters. The number of likely N-dealkylation sites (tertiary alicyclic amines) is 2. The molecule has 3 heterocycles. The van der Waals surface area contributed by atoms with E-state index in [1.54, 1.807) is 113 Å². The maximum Gasteiger partial charge on any atom is 0.408 e. The van der Waals surface area contributed by atoms with Gasteiger partial charge in [-0.15, -0.1) is 0 Å². The highest BCUT2D eigenvalue weighted by atomic mass is 16.6. The highest BCUT2D eigenvalue weighted by Gasteiger charge is 2.40. The first kappa shape index (κ1) is 43.0.